The molecule has 0 spiro atoms. The molecule has 1 atom stereocenters. The van der Waals surface area contributed by atoms with Gasteiger partial charge in [-0.1, -0.05) is 41.0 Å². The van der Waals surface area contributed by atoms with Crippen LogP contribution in [0.5, 0.6) is 0 Å². The largest absolute Gasteiger partial charge is 0.392 e. The van der Waals surface area contributed by atoms with Crippen LogP contribution in [0.15, 0.2) is 46.6 Å². The molecule has 3 heteroatoms. The van der Waals surface area contributed by atoms with Crippen LogP contribution in [0.3, 0.4) is 0 Å². The van der Waals surface area contributed by atoms with Gasteiger partial charge in [0.15, 0.2) is 6.29 Å². The first kappa shape index (κ1) is 24.9. The number of ether oxygens (including phenoxy) is 2. The second kappa shape index (κ2) is 15.7. The zero-order chi connectivity index (χ0) is 20.6. The van der Waals surface area contributed by atoms with E-state index < -0.39 is 0 Å². The van der Waals surface area contributed by atoms with Crippen molar-refractivity contribution in [3.8, 4) is 0 Å². The van der Waals surface area contributed by atoms with Crippen LogP contribution in [0.2, 0.25) is 0 Å². The van der Waals surface area contributed by atoms with E-state index in [0.717, 1.165) is 63.5 Å². The Hall–Kier alpha value is -1.16. The number of hydrogen-bond donors (Lipinski definition) is 1. The molecule has 1 fully saturated rings. The Morgan fingerprint density at radius 3 is 2.21 bits per heavy atom. The van der Waals surface area contributed by atoms with Gasteiger partial charge in [0.05, 0.1) is 13.2 Å². The van der Waals surface area contributed by atoms with Gasteiger partial charge in [0, 0.05) is 6.61 Å². The summed E-state index contributed by atoms with van der Waals surface area (Å²) < 4.78 is 11.3. The number of rotatable bonds is 13. The lowest BCUT2D eigenvalue weighted by molar-refractivity contribution is -0.155. The van der Waals surface area contributed by atoms with E-state index in [1.54, 1.807) is 0 Å². The average molecular weight is 391 g/mol. The van der Waals surface area contributed by atoms with Crippen molar-refractivity contribution in [3.63, 3.8) is 0 Å². The summed E-state index contributed by atoms with van der Waals surface area (Å²) in [5.41, 5.74) is 5.31. The lowest BCUT2D eigenvalue weighted by Gasteiger charge is -2.22. The van der Waals surface area contributed by atoms with Crippen LogP contribution >= 0.6 is 0 Å². The lowest BCUT2D eigenvalue weighted by atomic mass is 10.0. The van der Waals surface area contributed by atoms with Crippen LogP contribution in [-0.2, 0) is 9.47 Å². The van der Waals surface area contributed by atoms with E-state index in [-0.39, 0.29) is 12.9 Å². The molecule has 28 heavy (non-hydrogen) atoms. The molecule has 160 valence electrons. The molecule has 3 nitrogen and oxygen atoms in total. The van der Waals surface area contributed by atoms with E-state index in [1.165, 1.54) is 23.1 Å². The molecule has 1 unspecified atom stereocenters. The summed E-state index contributed by atoms with van der Waals surface area (Å²) in [4.78, 5) is 0. The minimum atomic E-state index is -0.0165. The third-order valence-corrected chi connectivity index (χ3v) is 5.08. The summed E-state index contributed by atoms with van der Waals surface area (Å²) in [5, 5.41) is 9.60. The smallest absolute Gasteiger partial charge is 0.157 e. The molecular formula is C25H42O3. The van der Waals surface area contributed by atoms with Crippen molar-refractivity contribution < 1.29 is 14.6 Å². The standard InChI is InChI=1S/C25H42O3/c1-21(2)10-7-11-22(3)12-8-14-24(20-26)15-9-13-23(4)17-19-28-25-16-5-6-18-27-25/h10,12,15,17,25-26H,5-9,11,13-14,16,18-20H2,1-4H3/b22-12+,23-17+,24-15-. The highest BCUT2D eigenvalue weighted by molar-refractivity contribution is 5.08. The number of allylic oxidation sites excluding steroid dienone is 6. The Morgan fingerprint density at radius 1 is 0.893 bits per heavy atom. The van der Waals surface area contributed by atoms with E-state index in [1.807, 2.05) is 0 Å². The van der Waals surface area contributed by atoms with Crippen LogP contribution < -0.4 is 0 Å². The fraction of sp³-hybridized carbons (Fsp3) is 0.680. The van der Waals surface area contributed by atoms with Crippen LogP contribution in [0.25, 0.3) is 0 Å². The molecular weight excluding hydrogens is 348 g/mol. The monoisotopic (exact) mass is 390 g/mol. The van der Waals surface area contributed by atoms with Gasteiger partial charge in [-0.05, 0) is 91.1 Å². The highest BCUT2D eigenvalue weighted by atomic mass is 16.7. The highest BCUT2D eigenvalue weighted by Crippen LogP contribution is 2.15. The Labute approximate surface area is 173 Å². The van der Waals surface area contributed by atoms with E-state index in [4.69, 9.17) is 9.47 Å². The maximum atomic E-state index is 9.60. The number of aliphatic hydroxyl groups is 1. The molecule has 0 aromatic carbocycles. The van der Waals surface area contributed by atoms with Gasteiger partial charge >= 0.3 is 0 Å². The Kier molecular flexibility index (Phi) is 14.0. The predicted octanol–water partition coefficient (Wildman–Crippen LogP) is 6.65. The Bertz CT molecular complexity index is 530. The van der Waals surface area contributed by atoms with Crippen LogP contribution in [0.1, 0.15) is 85.5 Å². The molecule has 0 bridgehead atoms. The summed E-state index contributed by atoms with van der Waals surface area (Å²) in [6, 6.07) is 0. The van der Waals surface area contributed by atoms with Gasteiger partial charge in [-0.3, -0.25) is 0 Å². The van der Waals surface area contributed by atoms with Gasteiger partial charge < -0.3 is 14.6 Å². The minimum absolute atomic E-state index is 0.0165. The van der Waals surface area contributed by atoms with Gasteiger partial charge in [-0.15, -0.1) is 0 Å². The second-order valence-corrected chi connectivity index (χ2v) is 8.15. The Morgan fingerprint density at radius 2 is 1.57 bits per heavy atom. The van der Waals surface area contributed by atoms with Crippen molar-refractivity contribution >= 4 is 0 Å². The van der Waals surface area contributed by atoms with Gasteiger partial charge in [0.2, 0.25) is 0 Å². The van der Waals surface area contributed by atoms with Crippen molar-refractivity contribution in [1.82, 2.24) is 0 Å². The predicted molar refractivity (Wildman–Crippen MR) is 119 cm³/mol. The summed E-state index contributed by atoms with van der Waals surface area (Å²) in [7, 11) is 0. The normalized spacial score (nSPS) is 19.0. The van der Waals surface area contributed by atoms with Gasteiger partial charge in [0.25, 0.3) is 0 Å². The fourth-order valence-electron chi connectivity index (χ4n) is 3.19. The average Bonchev–Trinajstić information content (AvgIpc) is 2.67. The number of aliphatic hydroxyl groups excluding tert-OH is 1. The molecule has 1 aliphatic heterocycles. The van der Waals surface area contributed by atoms with E-state index in [2.05, 4.69) is 52.0 Å². The molecule has 0 radical (unpaired) electrons. The highest BCUT2D eigenvalue weighted by Gasteiger charge is 2.12. The van der Waals surface area contributed by atoms with Crippen molar-refractivity contribution in [2.24, 2.45) is 0 Å². The molecule has 0 aromatic rings. The van der Waals surface area contributed by atoms with Crippen molar-refractivity contribution in [2.45, 2.75) is 91.8 Å². The topological polar surface area (TPSA) is 38.7 Å². The summed E-state index contributed by atoms with van der Waals surface area (Å²) in [6.07, 6.45) is 18.5. The first-order chi connectivity index (χ1) is 13.5. The quantitative estimate of drug-likeness (QED) is 0.358. The zero-order valence-electron chi connectivity index (χ0n) is 18.6. The maximum Gasteiger partial charge on any atom is 0.157 e. The van der Waals surface area contributed by atoms with Crippen molar-refractivity contribution in [2.75, 3.05) is 19.8 Å². The van der Waals surface area contributed by atoms with Crippen LogP contribution in [0, 0.1) is 0 Å². The van der Waals surface area contributed by atoms with Crippen LogP contribution in [0.4, 0.5) is 0 Å². The molecule has 1 saturated heterocycles. The maximum absolute atomic E-state index is 9.60. The molecule has 0 aromatic heterocycles. The summed E-state index contributed by atoms with van der Waals surface area (Å²) >= 11 is 0. The third-order valence-electron chi connectivity index (χ3n) is 5.08. The molecule has 0 amide bonds. The second-order valence-electron chi connectivity index (χ2n) is 8.15. The molecule has 1 heterocycles. The van der Waals surface area contributed by atoms with Crippen molar-refractivity contribution in [1.29, 1.82) is 0 Å². The molecule has 0 aliphatic carbocycles. The molecule has 1 aliphatic rings. The first-order valence-electron chi connectivity index (χ1n) is 11.0. The molecule has 0 saturated carbocycles. The van der Waals surface area contributed by atoms with Crippen LogP contribution in [-0.4, -0.2) is 31.2 Å². The fourth-order valence-corrected chi connectivity index (χ4v) is 3.19. The first-order valence-corrected chi connectivity index (χ1v) is 11.0. The van der Waals surface area contributed by atoms with Gasteiger partial charge in [0.1, 0.15) is 0 Å². The van der Waals surface area contributed by atoms with Gasteiger partial charge in [-0.25, -0.2) is 0 Å². The number of hydrogen-bond acceptors (Lipinski definition) is 3. The SMILES string of the molecule is CC(C)=CCC/C(C)=C/CC/C(=C/CC/C(C)=C/COC1CCCCO1)CO. The van der Waals surface area contributed by atoms with E-state index >= 15 is 0 Å². The van der Waals surface area contributed by atoms with E-state index in [9.17, 15) is 5.11 Å². The summed E-state index contributed by atoms with van der Waals surface area (Å²) in [5.74, 6) is 0. The molecule has 1 N–H and O–H groups in total. The lowest BCUT2D eigenvalue weighted by Crippen LogP contribution is -2.22. The zero-order valence-corrected chi connectivity index (χ0v) is 18.6. The minimum Gasteiger partial charge on any atom is -0.392 e. The van der Waals surface area contributed by atoms with Crippen molar-refractivity contribution in [3.05, 3.63) is 46.6 Å². The third kappa shape index (κ3) is 13.1. The Balaban J connectivity index is 2.24. The van der Waals surface area contributed by atoms with Gasteiger partial charge in [-0.2, -0.15) is 0 Å². The van der Waals surface area contributed by atoms with E-state index in [0.29, 0.717) is 6.61 Å². The molecule has 1 rings (SSSR count). The summed E-state index contributed by atoms with van der Waals surface area (Å²) in [6.45, 7) is 10.3.